The molecule has 0 aliphatic heterocycles. The predicted molar refractivity (Wildman–Crippen MR) is 54.1 cm³/mol. The third-order valence-corrected chi connectivity index (χ3v) is 1.69. The molecule has 3 nitrogen and oxygen atoms in total. The van der Waals surface area contributed by atoms with Gasteiger partial charge < -0.3 is 10.2 Å². The van der Waals surface area contributed by atoms with Crippen LogP contribution in [0.1, 0.15) is 17.5 Å². The third kappa shape index (κ3) is 3.31. The molecule has 1 aromatic rings. The molecule has 0 aliphatic carbocycles. The van der Waals surface area contributed by atoms with E-state index in [4.69, 9.17) is 5.11 Å². The zero-order valence-electron chi connectivity index (χ0n) is 7.90. The maximum absolute atomic E-state index is 10.2. The molecule has 0 atom stereocenters. The minimum Gasteiger partial charge on any atom is -0.508 e. The first kappa shape index (κ1) is 10.3. The third-order valence-electron chi connectivity index (χ3n) is 1.69. The normalized spacial score (nSPS) is 10.6. The Bertz CT molecular complexity index is 347. The summed E-state index contributed by atoms with van der Waals surface area (Å²) in [6, 6.07) is 5.11. The number of carboxylic acid groups (broad SMARTS) is 1. The first-order valence-corrected chi connectivity index (χ1v) is 4.27. The summed E-state index contributed by atoms with van der Waals surface area (Å²) >= 11 is 0. The van der Waals surface area contributed by atoms with E-state index in [-0.39, 0.29) is 12.2 Å². The van der Waals surface area contributed by atoms with Crippen molar-refractivity contribution in [3.63, 3.8) is 0 Å². The number of benzene rings is 1. The monoisotopic (exact) mass is 192 g/mol. The van der Waals surface area contributed by atoms with Gasteiger partial charge in [0.25, 0.3) is 0 Å². The lowest BCUT2D eigenvalue weighted by Gasteiger charge is -1.98. The summed E-state index contributed by atoms with van der Waals surface area (Å²) in [7, 11) is 0. The highest BCUT2D eigenvalue weighted by Crippen LogP contribution is 2.16. The molecule has 0 radical (unpaired) electrons. The van der Waals surface area contributed by atoms with E-state index in [1.807, 2.05) is 13.0 Å². The Balaban J connectivity index is 2.76. The summed E-state index contributed by atoms with van der Waals surface area (Å²) in [5.41, 5.74) is 1.75. The molecule has 74 valence electrons. The van der Waals surface area contributed by atoms with E-state index in [0.717, 1.165) is 11.1 Å². The van der Waals surface area contributed by atoms with Crippen molar-refractivity contribution in [2.45, 2.75) is 13.3 Å². The van der Waals surface area contributed by atoms with Crippen LogP contribution >= 0.6 is 0 Å². The molecule has 2 N–H and O–H groups in total. The number of phenols is 1. The molecule has 0 amide bonds. The van der Waals surface area contributed by atoms with E-state index in [2.05, 4.69) is 0 Å². The zero-order valence-corrected chi connectivity index (χ0v) is 7.90. The zero-order chi connectivity index (χ0) is 10.6. The van der Waals surface area contributed by atoms with Crippen LogP contribution in [0.2, 0.25) is 0 Å². The Kier molecular flexibility index (Phi) is 3.29. The topological polar surface area (TPSA) is 57.5 Å². The molecule has 0 fully saturated rings. The Morgan fingerprint density at radius 2 is 2.14 bits per heavy atom. The van der Waals surface area contributed by atoms with Crippen LogP contribution in [0.5, 0.6) is 5.75 Å². The van der Waals surface area contributed by atoms with Crippen LogP contribution in [0.4, 0.5) is 0 Å². The molecule has 0 saturated carbocycles. The van der Waals surface area contributed by atoms with Crippen LogP contribution in [0.15, 0.2) is 24.3 Å². The number of phenolic OH excluding ortho intramolecular Hbond substituents is 1. The average Bonchev–Trinajstić information content (AvgIpc) is 2.01. The van der Waals surface area contributed by atoms with Gasteiger partial charge in [0.15, 0.2) is 0 Å². The van der Waals surface area contributed by atoms with E-state index in [0.29, 0.717) is 0 Å². The highest BCUT2D eigenvalue weighted by molar-refractivity contribution is 5.70. The minimum atomic E-state index is -0.863. The van der Waals surface area contributed by atoms with Crippen molar-refractivity contribution in [1.82, 2.24) is 0 Å². The number of hydrogen-bond acceptors (Lipinski definition) is 2. The number of hydrogen-bond donors (Lipinski definition) is 2. The SMILES string of the molecule is Cc1cc(O)cc(C=CCC(=O)O)c1. The van der Waals surface area contributed by atoms with E-state index in [1.165, 1.54) is 0 Å². The van der Waals surface area contributed by atoms with Gasteiger partial charge in [0.05, 0.1) is 6.42 Å². The highest BCUT2D eigenvalue weighted by Gasteiger charge is 1.94. The van der Waals surface area contributed by atoms with Crippen molar-refractivity contribution >= 4 is 12.0 Å². The summed E-state index contributed by atoms with van der Waals surface area (Å²) in [5, 5.41) is 17.7. The van der Waals surface area contributed by atoms with Crippen LogP contribution in [0, 0.1) is 6.92 Å². The molecule has 1 aromatic carbocycles. The lowest BCUT2D eigenvalue weighted by molar-refractivity contribution is -0.135. The molecule has 1 rings (SSSR count). The Morgan fingerprint density at radius 1 is 1.43 bits per heavy atom. The molecule has 0 spiro atoms. The molecule has 0 aromatic heterocycles. The molecular formula is C11H12O3. The number of carbonyl (C=O) groups is 1. The molecule has 0 bridgehead atoms. The van der Waals surface area contributed by atoms with Gasteiger partial charge >= 0.3 is 5.97 Å². The van der Waals surface area contributed by atoms with E-state index < -0.39 is 5.97 Å². The second-order valence-electron chi connectivity index (χ2n) is 3.10. The number of rotatable bonds is 3. The van der Waals surface area contributed by atoms with Crippen LogP contribution < -0.4 is 0 Å². The smallest absolute Gasteiger partial charge is 0.307 e. The second kappa shape index (κ2) is 4.46. The predicted octanol–water partition coefficient (Wildman–Crippen LogP) is 2.19. The van der Waals surface area contributed by atoms with Crippen LogP contribution in [-0.2, 0) is 4.79 Å². The lowest BCUT2D eigenvalue weighted by Crippen LogP contribution is -1.89. The van der Waals surface area contributed by atoms with Gasteiger partial charge in [-0.1, -0.05) is 18.2 Å². The minimum absolute atomic E-state index is 0.00525. The maximum Gasteiger partial charge on any atom is 0.307 e. The fourth-order valence-electron chi connectivity index (χ4n) is 1.18. The van der Waals surface area contributed by atoms with E-state index in [9.17, 15) is 9.90 Å². The summed E-state index contributed by atoms with van der Waals surface area (Å²) in [4.78, 5) is 10.2. The summed E-state index contributed by atoms with van der Waals surface area (Å²) < 4.78 is 0. The summed E-state index contributed by atoms with van der Waals surface area (Å²) in [5.74, 6) is -0.668. The van der Waals surface area contributed by atoms with Gasteiger partial charge in [0, 0.05) is 0 Å². The summed E-state index contributed by atoms with van der Waals surface area (Å²) in [6.45, 7) is 1.87. The van der Waals surface area contributed by atoms with Gasteiger partial charge in [-0.25, -0.2) is 0 Å². The first-order valence-electron chi connectivity index (χ1n) is 4.27. The number of aromatic hydroxyl groups is 1. The molecule has 0 aliphatic rings. The fourth-order valence-corrected chi connectivity index (χ4v) is 1.18. The van der Waals surface area contributed by atoms with Crippen molar-refractivity contribution < 1.29 is 15.0 Å². The van der Waals surface area contributed by atoms with Crippen molar-refractivity contribution in [2.75, 3.05) is 0 Å². The number of carboxylic acids is 1. The lowest BCUT2D eigenvalue weighted by atomic mass is 10.1. The molecule has 0 saturated heterocycles. The largest absolute Gasteiger partial charge is 0.508 e. The van der Waals surface area contributed by atoms with Gasteiger partial charge in [0.1, 0.15) is 5.75 Å². The Hall–Kier alpha value is -1.77. The Morgan fingerprint density at radius 3 is 2.71 bits per heavy atom. The molecule has 3 heteroatoms. The van der Waals surface area contributed by atoms with Gasteiger partial charge in [-0.15, -0.1) is 0 Å². The molecule has 0 heterocycles. The van der Waals surface area contributed by atoms with Gasteiger partial charge in [0.2, 0.25) is 0 Å². The quantitative estimate of drug-likeness (QED) is 0.771. The van der Waals surface area contributed by atoms with Gasteiger partial charge in [-0.2, -0.15) is 0 Å². The van der Waals surface area contributed by atoms with Crippen molar-refractivity contribution in [1.29, 1.82) is 0 Å². The Labute approximate surface area is 82.3 Å². The second-order valence-corrected chi connectivity index (χ2v) is 3.10. The first-order chi connectivity index (χ1) is 6.58. The molecule has 0 unspecified atom stereocenters. The molecule has 14 heavy (non-hydrogen) atoms. The van der Waals surface area contributed by atoms with Crippen LogP contribution in [-0.4, -0.2) is 16.2 Å². The standard InChI is InChI=1S/C11H12O3/c1-8-5-9(7-10(12)6-8)3-2-4-11(13)14/h2-3,5-7,12H,4H2,1H3,(H,13,14). The van der Waals surface area contributed by atoms with Gasteiger partial charge in [-0.05, 0) is 30.2 Å². The van der Waals surface area contributed by atoms with E-state index in [1.54, 1.807) is 24.3 Å². The van der Waals surface area contributed by atoms with Crippen molar-refractivity contribution in [3.05, 3.63) is 35.4 Å². The van der Waals surface area contributed by atoms with Crippen LogP contribution in [0.25, 0.3) is 6.08 Å². The van der Waals surface area contributed by atoms with Crippen molar-refractivity contribution in [3.8, 4) is 5.75 Å². The maximum atomic E-state index is 10.2. The summed E-state index contributed by atoms with van der Waals surface area (Å²) in [6.07, 6.45) is 3.23. The molecular weight excluding hydrogens is 180 g/mol. The highest BCUT2D eigenvalue weighted by atomic mass is 16.4. The fraction of sp³-hybridized carbons (Fsp3) is 0.182. The van der Waals surface area contributed by atoms with E-state index >= 15 is 0 Å². The van der Waals surface area contributed by atoms with Crippen LogP contribution in [0.3, 0.4) is 0 Å². The number of aryl methyl sites for hydroxylation is 1. The number of aliphatic carboxylic acids is 1. The van der Waals surface area contributed by atoms with Crippen molar-refractivity contribution in [2.24, 2.45) is 0 Å². The average molecular weight is 192 g/mol. The van der Waals surface area contributed by atoms with Gasteiger partial charge in [-0.3, -0.25) is 4.79 Å².